The molecule has 0 bridgehead atoms. The zero-order chi connectivity index (χ0) is 22.2. The molecule has 1 fully saturated rings. The maximum atomic E-state index is 12.5. The number of aliphatic hydroxyl groups is 1. The molecule has 1 N–H and O–H groups in total. The van der Waals surface area contributed by atoms with Gasteiger partial charge in [-0.05, 0) is 17.7 Å². The number of methoxy groups -OCH3 is 1. The van der Waals surface area contributed by atoms with Gasteiger partial charge in [-0.25, -0.2) is 4.79 Å². The number of hydrogen-bond donors (Lipinski definition) is 1. The van der Waals surface area contributed by atoms with Crippen molar-refractivity contribution < 1.29 is 38.4 Å². The molecule has 0 radical (unpaired) electrons. The molecule has 8 heteroatoms. The van der Waals surface area contributed by atoms with E-state index in [1.807, 2.05) is 30.3 Å². The summed E-state index contributed by atoms with van der Waals surface area (Å²) in [6.07, 6.45) is -5.57. The van der Waals surface area contributed by atoms with E-state index in [-0.39, 0.29) is 6.61 Å². The molecule has 0 aromatic heterocycles. The lowest BCUT2D eigenvalue weighted by Gasteiger charge is -2.42. The molecule has 0 saturated carbocycles. The molecule has 1 aliphatic rings. The summed E-state index contributed by atoms with van der Waals surface area (Å²) in [5.74, 6) is -1.26. The van der Waals surface area contributed by atoms with Gasteiger partial charge in [0.1, 0.15) is 12.2 Å². The van der Waals surface area contributed by atoms with Crippen LogP contribution >= 0.6 is 0 Å². The highest BCUT2D eigenvalue weighted by Gasteiger charge is 2.49. The van der Waals surface area contributed by atoms with Gasteiger partial charge in [-0.2, -0.15) is 0 Å². The van der Waals surface area contributed by atoms with E-state index in [1.54, 1.807) is 30.3 Å². The predicted molar refractivity (Wildman–Crippen MR) is 109 cm³/mol. The Bertz CT molecular complexity index is 841. The van der Waals surface area contributed by atoms with E-state index in [1.165, 1.54) is 14.0 Å². The first-order valence-electron chi connectivity index (χ1n) is 9.91. The highest BCUT2D eigenvalue weighted by Crippen LogP contribution is 2.28. The van der Waals surface area contributed by atoms with Crippen LogP contribution in [-0.4, -0.2) is 61.5 Å². The fourth-order valence-electron chi connectivity index (χ4n) is 3.31. The van der Waals surface area contributed by atoms with Gasteiger partial charge < -0.3 is 28.8 Å². The van der Waals surface area contributed by atoms with E-state index in [0.29, 0.717) is 12.2 Å². The Morgan fingerprint density at radius 1 is 0.968 bits per heavy atom. The molecular weight excluding hydrogens is 404 g/mol. The Morgan fingerprint density at radius 2 is 1.61 bits per heavy atom. The highest BCUT2D eigenvalue weighted by atomic mass is 16.7. The first-order valence-corrected chi connectivity index (χ1v) is 9.91. The third kappa shape index (κ3) is 6.11. The normalized spacial score (nSPS) is 25.6. The zero-order valence-electron chi connectivity index (χ0n) is 17.4. The number of benzene rings is 2. The van der Waals surface area contributed by atoms with Crippen molar-refractivity contribution >= 4 is 11.9 Å². The van der Waals surface area contributed by atoms with Crippen molar-refractivity contribution in [3.8, 4) is 0 Å². The lowest BCUT2D eigenvalue weighted by Crippen LogP contribution is -2.61. The molecule has 0 amide bonds. The van der Waals surface area contributed by atoms with Gasteiger partial charge in [0.15, 0.2) is 18.5 Å². The van der Waals surface area contributed by atoms with Crippen LogP contribution in [0.15, 0.2) is 60.7 Å². The Morgan fingerprint density at radius 3 is 2.23 bits per heavy atom. The van der Waals surface area contributed by atoms with E-state index in [4.69, 9.17) is 23.7 Å². The van der Waals surface area contributed by atoms with Crippen LogP contribution in [0.1, 0.15) is 22.8 Å². The van der Waals surface area contributed by atoms with Crippen molar-refractivity contribution in [1.29, 1.82) is 0 Å². The van der Waals surface area contributed by atoms with Crippen LogP contribution in [0.2, 0.25) is 0 Å². The maximum Gasteiger partial charge on any atom is 0.338 e. The molecule has 0 aliphatic carbocycles. The van der Waals surface area contributed by atoms with Crippen molar-refractivity contribution in [2.45, 2.75) is 44.2 Å². The quantitative estimate of drug-likeness (QED) is 0.636. The zero-order valence-corrected chi connectivity index (χ0v) is 17.4. The summed E-state index contributed by atoms with van der Waals surface area (Å²) in [4.78, 5) is 24.1. The second kappa shape index (κ2) is 11.0. The highest BCUT2D eigenvalue weighted by molar-refractivity contribution is 5.89. The molecule has 2 aromatic carbocycles. The van der Waals surface area contributed by atoms with Crippen LogP contribution in [-0.2, 0) is 35.1 Å². The Labute approximate surface area is 180 Å². The van der Waals surface area contributed by atoms with Crippen molar-refractivity contribution in [2.24, 2.45) is 0 Å². The van der Waals surface area contributed by atoms with Gasteiger partial charge >= 0.3 is 11.9 Å². The number of aliphatic hydroxyl groups excluding tert-OH is 1. The first kappa shape index (κ1) is 22.9. The van der Waals surface area contributed by atoms with E-state index >= 15 is 0 Å². The van der Waals surface area contributed by atoms with Gasteiger partial charge in [0.25, 0.3) is 0 Å². The molecule has 1 saturated heterocycles. The summed E-state index contributed by atoms with van der Waals surface area (Å²) in [7, 11) is 1.37. The summed E-state index contributed by atoms with van der Waals surface area (Å²) in [6.45, 7) is 1.57. The van der Waals surface area contributed by atoms with Gasteiger partial charge in [-0.1, -0.05) is 48.5 Å². The molecular formula is C23H26O8. The summed E-state index contributed by atoms with van der Waals surface area (Å²) < 4.78 is 27.6. The maximum absolute atomic E-state index is 12.5. The Kier molecular flexibility index (Phi) is 8.13. The molecule has 1 aliphatic heterocycles. The topological polar surface area (TPSA) is 101 Å². The largest absolute Gasteiger partial charge is 0.457 e. The van der Waals surface area contributed by atoms with Crippen molar-refractivity contribution in [2.75, 3.05) is 13.7 Å². The average molecular weight is 430 g/mol. The molecule has 0 unspecified atom stereocenters. The molecule has 8 nitrogen and oxygen atoms in total. The summed E-state index contributed by atoms with van der Waals surface area (Å²) in [5.41, 5.74) is 1.27. The lowest BCUT2D eigenvalue weighted by molar-refractivity contribution is -0.298. The van der Waals surface area contributed by atoms with Gasteiger partial charge in [0.2, 0.25) is 0 Å². The van der Waals surface area contributed by atoms with Gasteiger partial charge in [0, 0.05) is 14.0 Å². The lowest BCUT2D eigenvalue weighted by atomic mass is 9.98. The summed E-state index contributed by atoms with van der Waals surface area (Å²) in [6, 6.07) is 17.9. The van der Waals surface area contributed by atoms with Gasteiger partial charge in [-0.15, -0.1) is 0 Å². The molecule has 0 spiro atoms. The first-order chi connectivity index (χ1) is 15.0. The van der Waals surface area contributed by atoms with Crippen LogP contribution in [0.3, 0.4) is 0 Å². The minimum atomic E-state index is -1.37. The predicted octanol–water partition coefficient (Wildman–Crippen LogP) is 2.09. The molecule has 5 atom stereocenters. The average Bonchev–Trinajstić information content (AvgIpc) is 2.78. The second-order valence-corrected chi connectivity index (χ2v) is 7.08. The van der Waals surface area contributed by atoms with Crippen LogP contribution in [0.4, 0.5) is 0 Å². The Balaban J connectivity index is 1.70. The molecule has 166 valence electrons. The van der Waals surface area contributed by atoms with Crippen LogP contribution in [0.25, 0.3) is 0 Å². The van der Waals surface area contributed by atoms with Crippen molar-refractivity contribution in [3.63, 3.8) is 0 Å². The number of ether oxygens (including phenoxy) is 5. The Hall–Kier alpha value is -2.78. The molecule has 2 aromatic rings. The minimum Gasteiger partial charge on any atom is -0.457 e. The van der Waals surface area contributed by atoms with E-state index in [9.17, 15) is 14.7 Å². The number of carbonyl (C=O) groups excluding carboxylic acids is 2. The van der Waals surface area contributed by atoms with E-state index in [2.05, 4.69) is 0 Å². The SMILES string of the molecule is CO[C@H]1O[C@H](COCc2ccccc2)[C@@H](OC(C)=O)[C@H](O)[C@H]1OC(=O)c1ccccc1. The van der Waals surface area contributed by atoms with Crippen LogP contribution < -0.4 is 0 Å². The smallest absolute Gasteiger partial charge is 0.338 e. The summed E-state index contributed by atoms with van der Waals surface area (Å²) >= 11 is 0. The number of carbonyl (C=O) groups is 2. The van der Waals surface area contributed by atoms with Crippen LogP contribution in [0.5, 0.6) is 0 Å². The third-order valence-electron chi connectivity index (χ3n) is 4.80. The second-order valence-electron chi connectivity index (χ2n) is 7.08. The van der Waals surface area contributed by atoms with Crippen molar-refractivity contribution in [1.82, 2.24) is 0 Å². The van der Waals surface area contributed by atoms with E-state index < -0.39 is 42.6 Å². The summed E-state index contributed by atoms with van der Waals surface area (Å²) in [5, 5.41) is 10.9. The fourth-order valence-corrected chi connectivity index (χ4v) is 3.31. The fraction of sp³-hybridized carbons (Fsp3) is 0.391. The number of hydrogen-bond acceptors (Lipinski definition) is 8. The standard InChI is InChI=1S/C23H26O8/c1-15(24)29-20-18(14-28-13-16-9-5-3-6-10-16)30-23(27-2)21(19(20)25)31-22(26)17-11-7-4-8-12-17/h3-12,18-21,23,25H,13-14H2,1-2H3/t18-,19+,20-,21-,23+/m1/s1. The van der Waals surface area contributed by atoms with Crippen LogP contribution in [0, 0.1) is 0 Å². The van der Waals surface area contributed by atoms with Gasteiger partial charge in [-0.3, -0.25) is 4.79 Å². The number of esters is 2. The van der Waals surface area contributed by atoms with E-state index in [0.717, 1.165) is 5.56 Å². The number of rotatable bonds is 8. The monoisotopic (exact) mass is 430 g/mol. The van der Waals surface area contributed by atoms with Gasteiger partial charge in [0.05, 0.1) is 18.8 Å². The third-order valence-corrected chi connectivity index (χ3v) is 4.80. The minimum absolute atomic E-state index is 0.0309. The molecule has 3 rings (SSSR count). The van der Waals surface area contributed by atoms with Crippen molar-refractivity contribution in [3.05, 3.63) is 71.8 Å². The molecule has 31 heavy (non-hydrogen) atoms. The molecule has 1 heterocycles.